The number of fused-ring (bicyclic) bond motifs is 1. The number of thiocarbonyl (C=S) groups is 1. The molecule has 0 saturated heterocycles. The Bertz CT molecular complexity index is 514. The molecule has 2 rings (SSSR count). The number of rotatable bonds is 1. The van der Waals surface area contributed by atoms with E-state index in [1.54, 1.807) is 0 Å². The summed E-state index contributed by atoms with van der Waals surface area (Å²) in [6.45, 7) is 0. The fraction of sp³-hybridized carbons (Fsp3) is 0.222. The zero-order valence-electron chi connectivity index (χ0n) is 7.92. The van der Waals surface area contributed by atoms with Gasteiger partial charge in [0.1, 0.15) is 0 Å². The van der Waals surface area contributed by atoms with Crippen molar-refractivity contribution in [1.82, 2.24) is 0 Å². The molecular formula is C9H3F4NO2S. The Morgan fingerprint density at radius 1 is 1.06 bits per heavy atom. The molecule has 0 amide bonds. The Kier molecular flexibility index (Phi) is 2.56. The van der Waals surface area contributed by atoms with E-state index < -0.39 is 23.7 Å². The Morgan fingerprint density at radius 3 is 2.24 bits per heavy atom. The SMILES string of the molecule is FC1(F)Oc2ccc(N=C=S)cc2OC1(F)F. The number of hydrogen-bond acceptors (Lipinski definition) is 4. The Morgan fingerprint density at radius 2 is 1.65 bits per heavy atom. The summed E-state index contributed by atoms with van der Waals surface area (Å²) >= 11 is 4.31. The van der Waals surface area contributed by atoms with E-state index in [0.717, 1.165) is 12.1 Å². The second kappa shape index (κ2) is 3.68. The molecule has 1 aliphatic heterocycles. The lowest BCUT2D eigenvalue weighted by molar-refractivity contribution is -0.391. The summed E-state index contributed by atoms with van der Waals surface area (Å²) in [5, 5.41) is 2.00. The molecule has 0 saturated carbocycles. The van der Waals surface area contributed by atoms with Gasteiger partial charge in [-0.15, -0.1) is 0 Å². The van der Waals surface area contributed by atoms with E-state index in [0.29, 0.717) is 0 Å². The normalized spacial score (nSPS) is 19.3. The van der Waals surface area contributed by atoms with Crippen LogP contribution in [0.25, 0.3) is 0 Å². The van der Waals surface area contributed by atoms with E-state index in [2.05, 4.69) is 26.7 Å². The van der Waals surface area contributed by atoms with E-state index in [4.69, 9.17) is 0 Å². The molecule has 3 nitrogen and oxygen atoms in total. The average Bonchev–Trinajstić information content (AvgIpc) is 2.20. The average molecular weight is 265 g/mol. The monoisotopic (exact) mass is 265 g/mol. The van der Waals surface area contributed by atoms with Crippen molar-refractivity contribution in [1.29, 1.82) is 0 Å². The van der Waals surface area contributed by atoms with Gasteiger partial charge in [-0.1, -0.05) is 0 Å². The zero-order chi connectivity index (χ0) is 12.7. The molecule has 0 bridgehead atoms. The largest absolute Gasteiger partial charge is 0.507 e. The quantitative estimate of drug-likeness (QED) is 0.443. The van der Waals surface area contributed by atoms with Crippen LogP contribution in [0, 0.1) is 0 Å². The number of nitrogens with zero attached hydrogens (tertiary/aromatic N) is 1. The van der Waals surface area contributed by atoms with Crippen LogP contribution in [0.15, 0.2) is 23.2 Å². The molecule has 0 spiro atoms. The number of hydrogen-bond donors (Lipinski definition) is 0. The Hall–Kier alpha value is -1.66. The molecule has 1 heterocycles. The van der Waals surface area contributed by atoms with Crippen molar-refractivity contribution in [3.63, 3.8) is 0 Å². The molecule has 0 atom stereocenters. The topological polar surface area (TPSA) is 30.8 Å². The molecule has 0 unspecified atom stereocenters. The number of benzene rings is 1. The summed E-state index contributed by atoms with van der Waals surface area (Å²) < 4.78 is 58.9. The second-order valence-electron chi connectivity index (χ2n) is 3.07. The van der Waals surface area contributed by atoms with E-state index in [1.807, 2.05) is 5.16 Å². The maximum atomic E-state index is 12.8. The highest BCUT2D eigenvalue weighted by molar-refractivity contribution is 7.78. The third-order valence-electron chi connectivity index (χ3n) is 1.92. The van der Waals surface area contributed by atoms with Crippen molar-refractivity contribution in [2.45, 2.75) is 12.2 Å². The van der Waals surface area contributed by atoms with Crippen molar-refractivity contribution in [3.05, 3.63) is 18.2 Å². The summed E-state index contributed by atoms with van der Waals surface area (Å²) in [6.07, 6.45) is -9.45. The molecule has 1 aromatic rings. The van der Waals surface area contributed by atoms with Crippen LogP contribution in [0.5, 0.6) is 11.5 Å². The van der Waals surface area contributed by atoms with E-state index in [9.17, 15) is 17.6 Å². The molecule has 1 aliphatic rings. The standard InChI is InChI=1S/C9H3F4NO2S/c10-8(11)9(12,13)16-7-3-5(14-4-17)1-2-6(7)15-8/h1-3H. The van der Waals surface area contributed by atoms with Crippen molar-refractivity contribution in [2.24, 2.45) is 4.99 Å². The molecule has 0 radical (unpaired) electrons. The highest BCUT2D eigenvalue weighted by Gasteiger charge is 2.65. The number of aliphatic imine (C=N–C) groups is 1. The van der Waals surface area contributed by atoms with Gasteiger partial charge in [-0.05, 0) is 24.4 Å². The van der Waals surface area contributed by atoms with Gasteiger partial charge in [-0.2, -0.15) is 22.6 Å². The van der Waals surface area contributed by atoms with Crippen molar-refractivity contribution >= 4 is 23.1 Å². The fourth-order valence-corrected chi connectivity index (χ4v) is 1.28. The van der Waals surface area contributed by atoms with Crippen LogP contribution >= 0.6 is 12.2 Å². The van der Waals surface area contributed by atoms with Gasteiger partial charge in [0.05, 0.1) is 10.8 Å². The summed E-state index contributed by atoms with van der Waals surface area (Å²) in [6, 6.07) is 3.28. The van der Waals surface area contributed by atoms with E-state index in [1.165, 1.54) is 6.07 Å². The molecule has 90 valence electrons. The van der Waals surface area contributed by atoms with Gasteiger partial charge in [-0.3, -0.25) is 0 Å². The number of halogens is 4. The first-order valence-corrected chi connectivity index (χ1v) is 4.62. The highest BCUT2D eigenvalue weighted by Crippen LogP contribution is 2.47. The molecule has 0 aromatic heterocycles. The predicted octanol–water partition coefficient (Wildman–Crippen LogP) is 3.38. The molecule has 0 fully saturated rings. The van der Waals surface area contributed by atoms with Gasteiger partial charge >= 0.3 is 12.2 Å². The summed E-state index contributed by atoms with van der Waals surface area (Å²) in [7, 11) is 0. The lowest BCUT2D eigenvalue weighted by Gasteiger charge is -2.31. The fourth-order valence-electron chi connectivity index (χ4n) is 1.18. The van der Waals surface area contributed by atoms with Crippen LogP contribution in [0.2, 0.25) is 0 Å². The van der Waals surface area contributed by atoms with E-state index >= 15 is 0 Å². The van der Waals surface area contributed by atoms with Gasteiger partial charge < -0.3 is 9.47 Å². The molecular weight excluding hydrogens is 262 g/mol. The van der Waals surface area contributed by atoms with E-state index in [-0.39, 0.29) is 5.69 Å². The smallest absolute Gasteiger partial charge is 0.421 e. The highest BCUT2D eigenvalue weighted by atomic mass is 32.1. The van der Waals surface area contributed by atoms with Gasteiger partial charge in [0, 0.05) is 6.07 Å². The van der Waals surface area contributed by atoms with Gasteiger partial charge in [0.25, 0.3) is 0 Å². The van der Waals surface area contributed by atoms with Crippen molar-refractivity contribution in [3.8, 4) is 11.5 Å². The van der Waals surface area contributed by atoms with Crippen LogP contribution in [-0.2, 0) is 0 Å². The third-order valence-corrected chi connectivity index (χ3v) is 2.01. The van der Waals surface area contributed by atoms with Crippen LogP contribution < -0.4 is 9.47 Å². The molecule has 8 heteroatoms. The maximum absolute atomic E-state index is 12.8. The number of ether oxygens (including phenoxy) is 2. The summed E-state index contributed by atoms with van der Waals surface area (Å²) in [5.74, 6) is -1.03. The van der Waals surface area contributed by atoms with Crippen LogP contribution in [0.4, 0.5) is 23.2 Å². The summed E-state index contributed by atoms with van der Waals surface area (Å²) in [4.78, 5) is 3.50. The molecule has 1 aromatic carbocycles. The van der Waals surface area contributed by atoms with Crippen LogP contribution in [0.3, 0.4) is 0 Å². The van der Waals surface area contributed by atoms with Gasteiger partial charge in [0.15, 0.2) is 11.5 Å². The Balaban J connectivity index is 2.46. The lowest BCUT2D eigenvalue weighted by Crippen LogP contribution is -2.52. The number of alkyl halides is 4. The third kappa shape index (κ3) is 1.96. The maximum Gasteiger partial charge on any atom is 0.507 e. The molecule has 0 N–H and O–H groups in total. The minimum atomic E-state index is -4.74. The first-order chi connectivity index (χ1) is 7.86. The lowest BCUT2D eigenvalue weighted by atomic mass is 10.2. The second-order valence-corrected chi connectivity index (χ2v) is 3.25. The minimum absolute atomic E-state index is 0.142. The zero-order valence-corrected chi connectivity index (χ0v) is 8.73. The van der Waals surface area contributed by atoms with Crippen LogP contribution in [0.1, 0.15) is 0 Å². The van der Waals surface area contributed by atoms with Crippen molar-refractivity contribution in [2.75, 3.05) is 0 Å². The Labute approximate surface area is 97.7 Å². The number of isothiocyanates is 1. The first-order valence-electron chi connectivity index (χ1n) is 4.21. The van der Waals surface area contributed by atoms with Crippen LogP contribution in [-0.4, -0.2) is 17.4 Å². The summed E-state index contributed by atoms with van der Waals surface area (Å²) in [5.41, 5.74) is 0.142. The van der Waals surface area contributed by atoms with Crippen molar-refractivity contribution < 1.29 is 27.0 Å². The van der Waals surface area contributed by atoms with Gasteiger partial charge in [0.2, 0.25) is 0 Å². The predicted molar refractivity (Wildman–Crippen MR) is 52.3 cm³/mol. The first kappa shape index (κ1) is 11.8. The minimum Gasteiger partial charge on any atom is -0.421 e. The molecule has 17 heavy (non-hydrogen) atoms. The van der Waals surface area contributed by atoms with Gasteiger partial charge in [-0.25, -0.2) is 0 Å². The molecule has 0 aliphatic carbocycles.